The maximum Gasteiger partial charge on any atom is 0.174 e. The van der Waals surface area contributed by atoms with Crippen LogP contribution in [0.25, 0.3) is 0 Å². The molecular formula is C23H22ClN3OS2. The fourth-order valence-electron chi connectivity index (χ4n) is 4.29. The molecule has 3 heterocycles. The van der Waals surface area contributed by atoms with Crippen LogP contribution in [0.5, 0.6) is 5.75 Å². The van der Waals surface area contributed by atoms with E-state index >= 15 is 0 Å². The summed E-state index contributed by atoms with van der Waals surface area (Å²) in [5.41, 5.74) is 1.98. The van der Waals surface area contributed by atoms with Crippen LogP contribution in [0.2, 0.25) is 4.34 Å². The van der Waals surface area contributed by atoms with E-state index in [0.717, 1.165) is 39.2 Å². The molecule has 2 unspecified atom stereocenters. The normalized spacial score (nSPS) is 21.8. The molecule has 7 heteroatoms. The third kappa shape index (κ3) is 3.92. The summed E-state index contributed by atoms with van der Waals surface area (Å²) >= 11 is 13.6. The Morgan fingerprint density at radius 2 is 1.87 bits per heavy atom. The van der Waals surface area contributed by atoms with E-state index < -0.39 is 0 Å². The lowest BCUT2D eigenvalue weighted by Crippen LogP contribution is -2.29. The highest BCUT2D eigenvalue weighted by Gasteiger charge is 2.41. The molecule has 2 atom stereocenters. The number of rotatable bonds is 5. The lowest BCUT2D eigenvalue weighted by atomic mass is 10.0. The molecule has 0 amide bonds. The highest BCUT2D eigenvalue weighted by molar-refractivity contribution is 7.80. The first kappa shape index (κ1) is 19.8. The van der Waals surface area contributed by atoms with Crippen LogP contribution >= 0.6 is 35.2 Å². The molecular weight excluding hydrogens is 434 g/mol. The van der Waals surface area contributed by atoms with Crippen LogP contribution in [0, 0.1) is 0 Å². The van der Waals surface area contributed by atoms with E-state index in [1.54, 1.807) is 11.3 Å². The van der Waals surface area contributed by atoms with Gasteiger partial charge >= 0.3 is 0 Å². The summed E-state index contributed by atoms with van der Waals surface area (Å²) < 4.78 is 6.90. The number of aromatic nitrogens is 1. The van der Waals surface area contributed by atoms with Gasteiger partial charge in [0.15, 0.2) is 5.11 Å². The minimum Gasteiger partial charge on any atom is -0.490 e. The Hall–Kier alpha value is -2.15. The number of hydrogen-bond acceptors (Lipinski definition) is 4. The summed E-state index contributed by atoms with van der Waals surface area (Å²) in [5.74, 6) is 0.917. The molecule has 3 aromatic rings. The second-order valence-electron chi connectivity index (χ2n) is 7.66. The largest absolute Gasteiger partial charge is 0.490 e. The van der Waals surface area contributed by atoms with Gasteiger partial charge in [0.2, 0.25) is 0 Å². The molecule has 4 nitrogen and oxygen atoms in total. The molecule has 1 aliphatic carbocycles. The van der Waals surface area contributed by atoms with Crippen LogP contribution in [0.15, 0.2) is 60.8 Å². The smallest absolute Gasteiger partial charge is 0.174 e. The van der Waals surface area contributed by atoms with Crippen molar-refractivity contribution < 1.29 is 4.74 Å². The molecule has 5 rings (SSSR count). The molecule has 1 saturated heterocycles. The van der Waals surface area contributed by atoms with E-state index in [9.17, 15) is 0 Å². The van der Waals surface area contributed by atoms with E-state index in [4.69, 9.17) is 28.6 Å². The van der Waals surface area contributed by atoms with Crippen molar-refractivity contribution >= 4 is 46.0 Å². The number of ether oxygens (including phenoxy) is 1. The lowest BCUT2D eigenvalue weighted by Gasteiger charge is -2.27. The average Bonchev–Trinajstić information content (AvgIpc) is 3.50. The maximum atomic E-state index is 6.28. The highest BCUT2D eigenvalue weighted by atomic mass is 35.5. The number of nitrogens with zero attached hydrogens (tertiary/aromatic N) is 2. The predicted molar refractivity (Wildman–Crippen MR) is 127 cm³/mol. The van der Waals surface area contributed by atoms with Gasteiger partial charge in [0.1, 0.15) is 5.75 Å². The zero-order valence-electron chi connectivity index (χ0n) is 16.3. The lowest BCUT2D eigenvalue weighted by molar-refractivity contribution is 0.210. The summed E-state index contributed by atoms with van der Waals surface area (Å²) in [6, 6.07) is 18.2. The quantitative estimate of drug-likeness (QED) is 0.457. The standard InChI is InChI=1S/C23H22ClN3OS2/c24-20-13-12-19(30-20)22-21(18-7-3-4-14-25-18)26-23(29)27(22)15-8-10-17(11-9-15)28-16-5-1-2-6-16/h3-4,7-14,16,21-22H,1-2,5-6H2,(H,26,29). The van der Waals surface area contributed by atoms with Crippen LogP contribution in [0.1, 0.15) is 48.3 Å². The monoisotopic (exact) mass is 455 g/mol. The number of nitrogens with one attached hydrogen (secondary N) is 1. The van der Waals surface area contributed by atoms with Gasteiger partial charge in [-0.1, -0.05) is 17.7 Å². The van der Waals surface area contributed by atoms with Gasteiger partial charge in [0, 0.05) is 16.8 Å². The van der Waals surface area contributed by atoms with Crippen LogP contribution in [0.4, 0.5) is 5.69 Å². The fourth-order valence-corrected chi connectivity index (χ4v) is 5.83. The van der Waals surface area contributed by atoms with Gasteiger partial charge in [-0.05, 0) is 86.4 Å². The molecule has 1 aliphatic heterocycles. The van der Waals surface area contributed by atoms with E-state index in [2.05, 4.69) is 33.4 Å². The van der Waals surface area contributed by atoms with Crippen molar-refractivity contribution in [1.82, 2.24) is 10.3 Å². The Balaban J connectivity index is 1.46. The summed E-state index contributed by atoms with van der Waals surface area (Å²) in [6.07, 6.45) is 6.98. The minimum atomic E-state index is -0.0529. The van der Waals surface area contributed by atoms with Crippen molar-refractivity contribution in [3.05, 3.63) is 75.7 Å². The summed E-state index contributed by atoms with van der Waals surface area (Å²) in [6.45, 7) is 0. The Bertz CT molecular complexity index is 1020. The Morgan fingerprint density at radius 3 is 2.53 bits per heavy atom. The van der Waals surface area contributed by atoms with E-state index in [1.165, 1.54) is 12.8 Å². The van der Waals surface area contributed by atoms with Crippen molar-refractivity contribution in [2.24, 2.45) is 0 Å². The van der Waals surface area contributed by atoms with Crippen molar-refractivity contribution in [3.8, 4) is 5.75 Å². The van der Waals surface area contributed by atoms with E-state index in [-0.39, 0.29) is 12.1 Å². The van der Waals surface area contributed by atoms with Gasteiger partial charge in [-0.2, -0.15) is 0 Å². The van der Waals surface area contributed by atoms with Crippen molar-refractivity contribution in [2.75, 3.05) is 4.90 Å². The first-order valence-electron chi connectivity index (χ1n) is 10.2. The highest BCUT2D eigenvalue weighted by Crippen LogP contribution is 2.44. The first-order chi connectivity index (χ1) is 14.7. The number of pyridine rings is 1. The second kappa shape index (κ2) is 8.53. The average molecular weight is 456 g/mol. The van der Waals surface area contributed by atoms with Gasteiger partial charge in [-0.15, -0.1) is 11.3 Å². The fraction of sp³-hybridized carbons (Fsp3) is 0.304. The molecule has 30 heavy (non-hydrogen) atoms. The molecule has 1 N–H and O–H groups in total. The third-order valence-corrected chi connectivity index (χ3v) is 7.32. The predicted octanol–water partition coefficient (Wildman–Crippen LogP) is 6.30. The van der Waals surface area contributed by atoms with Gasteiger partial charge in [0.05, 0.1) is 28.2 Å². The van der Waals surface area contributed by atoms with Gasteiger partial charge in [-0.3, -0.25) is 4.98 Å². The third-order valence-electron chi connectivity index (χ3n) is 5.70. The number of anilines is 1. The van der Waals surface area contributed by atoms with Gasteiger partial charge in [-0.25, -0.2) is 0 Å². The molecule has 2 aromatic heterocycles. The number of thiophene rings is 1. The molecule has 154 valence electrons. The topological polar surface area (TPSA) is 37.4 Å². The Kier molecular flexibility index (Phi) is 5.63. The first-order valence-corrected chi connectivity index (χ1v) is 11.8. The molecule has 2 aliphatic rings. The SMILES string of the molecule is S=C1NC(c2ccccn2)C(c2ccc(Cl)s2)N1c1ccc(OC2CCCC2)cc1. The van der Waals surface area contributed by atoms with Crippen LogP contribution in [-0.2, 0) is 0 Å². The summed E-state index contributed by atoms with van der Waals surface area (Å²) in [5, 5.41) is 4.16. The summed E-state index contributed by atoms with van der Waals surface area (Å²) in [4.78, 5) is 7.89. The van der Waals surface area contributed by atoms with Gasteiger partial charge < -0.3 is 15.0 Å². The number of hydrogen-bond donors (Lipinski definition) is 1. The maximum absolute atomic E-state index is 6.28. The molecule has 0 spiro atoms. The van der Waals surface area contributed by atoms with Crippen LogP contribution < -0.4 is 15.0 Å². The minimum absolute atomic E-state index is 0.0218. The molecule has 1 saturated carbocycles. The molecule has 0 bridgehead atoms. The van der Waals surface area contributed by atoms with Crippen molar-refractivity contribution in [2.45, 2.75) is 43.9 Å². The zero-order valence-corrected chi connectivity index (χ0v) is 18.7. The Morgan fingerprint density at radius 1 is 1.07 bits per heavy atom. The molecule has 2 fully saturated rings. The number of benzene rings is 1. The second-order valence-corrected chi connectivity index (χ2v) is 9.79. The van der Waals surface area contributed by atoms with Crippen molar-refractivity contribution in [1.29, 1.82) is 0 Å². The van der Waals surface area contributed by atoms with Crippen molar-refractivity contribution in [3.63, 3.8) is 0 Å². The van der Waals surface area contributed by atoms with Crippen LogP contribution in [0.3, 0.4) is 0 Å². The molecule has 1 aromatic carbocycles. The van der Waals surface area contributed by atoms with Crippen LogP contribution in [-0.4, -0.2) is 16.2 Å². The summed E-state index contributed by atoms with van der Waals surface area (Å²) in [7, 11) is 0. The Labute approximate surface area is 190 Å². The van der Waals surface area contributed by atoms with Gasteiger partial charge in [0.25, 0.3) is 0 Å². The van der Waals surface area contributed by atoms with E-state index in [0.29, 0.717) is 11.2 Å². The van der Waals surface area contributed by atoms with E-state index in [1.807, 2.05) is 42.6 Å². The number of halogens is 1. The zero-order chi connectivity index (χ0) is 20.5. The molecule has 0 radical (unpaired) electrons. The number of thiocarbonyl (C=S) groups is 1.